The summed E-state index contributed by atoms with van der Waals surface area (Å²) in [6, 6.07) is 6.27. The minimum absolute atomic E-state index is 0.0418. The summed E-state index contributed by atoms with van der Waals surface area (Å²) in [5, 5.41) is 20.9. The van der Waals surface area contributed by atoms with Gasteiger partial charge >= 0.3 is 12.0 Å². The predicted octanol–water partition coefficient (Wildman–Crippen LogP) is 2.30. The number of carboxylic acid groups (broad SMARTS) is 1. The molecule has 0 atom stereocenters. The van der Waals surface area contributed by atoms with Gasteiger partial charge in [0.05, 0.1) is 23.5 Å². The van der Waals surface area contributed by atoms with Crippen LogP contribution in [0.4, 0.5) is 16.2 Å². The number of rotatable bonds is 4. The van der Waals surface area contributed by atoms with E-state index < -0.39 is 5.97 Å². The second-order valence-corrected chi connectivity index (χ2v) is 4.66. The number of carbonyl (C=O) groups excluding carboxylic acids is 1. The molecule has 0 spiro atoms. The van der Waals surface area contributed by atoms with Gasteiger partial charge in [-0.05, 0) is 31.5 Å². The molecular formula is C14H16N4O3. The second kappa shape index (κ2) is 6.08. The molecule has 7 nitrogen and oxygen atoms in total. The summed E-state index contributed by atoms with van der Waals surface area (Å²) in [6.45, 7) is 3.61. The van der Waals surface area contributed by atoms with Crippen molar-refractivity contribution in [2.24, 2.45) is 0 Å². The maximum Gasteiger partial charge on any atom is 0.323 e. The summed E-state index contributed by atoms with van der Waals surface area (Å²) in [5.41, 5.74) is 3.39. The lowest BCUT2D eigenvalue weighted by Gasteiger charge is -2.08. The molecule has 0 radical (unpaired) electrons. The van der Waals surface area contributed by atoms with E-state index in [1.54, 1.807) is 31.2 Å². The predicted molar refractivity (Wildman–Crippen MR) is 78.5 cm³/mol. The average Bonchev–Trinajstić information content (AvgIpc) is 2.72. The van der Waals surface area contributed by atoms with Crippen molar-refractivity contribution in [3.63, 3.8) is 0 Å². The van der Waals surface area contributed by atoms with Gasteiger partial charge in [-0.2, -0.15) is 5.10 Å². The van der Waals surface area contributed by atoms with E-state index in [-0.39, 0.29) is 12.5 Å². The summed E-state index contributed by atoms with van der Waals surface area (Å²) < 4.78 is 0. The highest BCUT2D eigenvalue weighted by Crippen LogP contribution is 2.17. The van der Waals surface area contributed by atoms with Gasteiger partial charge in [-0.15, -0.1) is 0 Å². The summed E-state index contributed by atoms with van der Waals surface area (Å²) in [4.78, 5) is 22.5. The molecule has 1 aromatic heterocycles. The third-order valence-electron chi connectivity index (χ3n) is 2.93. The molecule has 110 valence electrons. The van der Waals surface area contributed by atoms with Crippen molar-refractivity contribution < 1.29 is 14.7 Å². The summed E-state index contributed by atoms with van der Waals surface area (Å²) in [7, 11) is 0. The number of carboxylic acids is 1. The maximum atomic E-state index is 11.9. The highest BCUT2D eigenvalue weighted by Gasteiger charge is 2.10. The number of carbonyl (C=O) groups is 2. The van der Waals surface area contributed by atoms with Crippen LogP contribution < -0.4 is 10.6 Å². The summed E-state index contributed by atoms with van der Waals surface area (Å²) in [5.74, 6) is -0.889. The molecule has 0 aliphatic rings. The van der Waals surface area contributed by atoms with Crippen LogP contribution in [0.2, 0.25) is 0 Å². The fourth-order valence-electron chi connectivity index (χ4n) is 1.89. The van der Waals surface area contributed by atoms with E-state index >= 15 is 0 Å². The smallest absolute Gasteiger partial charge is 0.323 e. The number of benzene rings is 1. The monoisotopic (exact) mass is 288 g/mol. The van der Waals surface area contributed by atoms with Gasteiger partial charge in [0.1, 0.15) is 0 Å². The molecule has 1 heterocycles. The standard InChI is InChI=1S/C14H16N4O3/c1-8-13(9(2)18-17-8)16-14(21)15-11-5-3-10(4-6-11)7-12(19)20/h3-6H,7H2,1-2H3,(H,17,18)(H,19,20)(H2,15,16,21). The number of aryl methyl sites for hydroxylation is 2. The van der Waals surface area contributed by atoms with Crippen LogP contribution in [0.3, 0.4) is 0 Å². The fraction of sp³-hybridized carbons (Fsp3) is 0.214. The number of nitrogens with zero attached hydrogens (tertiary/aromatic N) is 1. The number of hydrogen-bond acceptors (Lipinski definition) is 3. The van der Waals surface area contributed by atoms with Crippen LogP contribution in [-0.4, -0.2) is 27.3 Å². The van der Waals surface area contributed by atoms with E-state index in [1.165, 1.54) is 0 Å². The number of amides is 2. The number of hydrogen-bond donors (Lipinski definition) is 4. The number of nitrogens with one attached hydrogen (secondary N) is 3. The Morgan fingerprint density at radius 2 is 1.86 bits per heavy atom. The van der Waals surface area contributed by atoms with Crippen molar-refractivity contribution in [1.82, 2.24) is 10.2 Å². The Hall–Kier alpha value is -2.83. The molecule has 0 fully saturated rings. The topological polar surface area (TPSA) is 107 Å². The molecule has 0 aliphatic heterocycles. The van der Waals surface area contributed by atoms with Crippen LogP contribution in [0.25, 0.3) is 0 Å². The Morgan fingerprint density at radius 1 is 1.19 bits per heavy atom. The van der Waals surface area contributed by atoms with Crippen molar-refractivity contribution in [2.45, 2.75) is 20.3 Å². The fourth-order valence-corrected chi connectivity index (χ4v) is 1.89. The Bertz CT molecular complexity index is 642. The van der Waals surface area contributed by atoms with Gasteiger partial charge < -0.3 is 15.7 Å². The highest BCUT2D eigenvalue weighted by molar-refractivity contribution is 6.00. The molecule has 21 heavy (non-hydrogen) atoms. The van der Waals surface area contributed by atoms with E-state index in [9.17, 15) is 9.59 Å². The van der Waals surface area contributed by atoms with E-state index in [4.69, 9.17) is 5.11 Å². The molecule has 0 saturated carbocycles. The Labute approximate surface area is 121 Å². The molecule has 2 aromatic rings. The third kappa shape index (κ3) is 3.82. The van der Waals surface area contributed by atoms with E-state index in [1.807, 2.05) is 6.92 Å². The molecule has 0 bridgehead atoms. The largest absolute Gasteiger partial charge is 0.481 e. The molecule has 2 amide bonds. The number of H-pyrrole nitrogens is 1. The van der Waals surface area contributed by atoms with Crippen LogP contribution in [0.1, 0.15) is 17.0 Å². The summed E-state index contributed by atoms with van der Waals surface area (Å²) >= 11 is 0. The van der Waals surface area contributed by atoms with Gasteiger partial charge in [0, 0.05) is 5.69 Å². The van der Waals surface area contributed by atoms with Crippen LogP contribution in [0.5, 0.6) is 0 Å². The molecule has 0 unspecified atom stereocenters. The number of urea groups is 1. The zero-order valence-electron chi connectivity index (χ0n) is 11.7. The van der Waals surface area contributed by atoms with E-state index in [0.29, 0.717) is 22.6 Å². The second-order valence-electron chi connectivity index (χ2n) is 4.66. The van der Waals surface area contributed by atoms with Crippen LogP contribution in [0.15, 0.2) is 24.3 Å². The lowest BCUT2D eigenvalue weighted by Crippen LogP contribution is -2.20. The van der Waals surface area contributed by atoms with Gasteiger partial charge in [0.2, 0.25) is 0 Å². The lowest BCUT2D eigenvalue weighted by molar-refractivity contribution is -0.136. The number of anilines is 2. The van der Waals surface area contributed by atoms with Crippen molar-refractivity contribution in [1.29, 1.82) is 0 Å². The number of aromatic nitrogens is 2. The Balaban J connectivity index is 1.98. The van der Waals surface area contributed by atoms with E-state index in [0.717, 1.165) is 5.69 Å². The third-order valence-corrected chi connectivity index (χ3v) is 2.93. The minimum Gasteiger partial charge on any atom is -0.481 e. The first kappa shape index (κ1) is 14.6. The molecule has 1 aromatic carbocycles. The normalized spacial score (nSPS) is 10.2. The zero-order valence-corrected chi connectivity index (χ0v) is 11.7. The molecule has 4 N–H and O–H groups in total. The Morgan fingerprint density at radius 3 is 2.38 bits per heavy atom. The molecule has 0 aliphatic carbocycles. The summed E-state index contributed by atoms with van der Waals surface area (Å²) in [6.07, 6.45) is -0.0418. The highest BCUT2D eigenvalue weighted by atomic mass is 16.4. The quantitative estimate of drug-likeness (QED) is 0.692. The van der Waals surface area contributed by atoms with Crippen LogP contribution in [-0.2, 0) is 11.2 Å². The van der Waals surface area contributed by atoms with Gasteiger partial charge in [0.15, 0.2) is 0 Å². The van der Waals surface area contributed by atoms with Crippen LogP contribution >= 0.6 is 0 Å². The Kier molecular flexibility index (Phi) is 4.22. The average molecular weight is 288 g/mol. The van der Waals surface area contributed by atoms with Crippen molar-refractivity contribution in [3.8, 4) is 0 Å². The molecular weight excluding hydrogens is 272 g/mol. The first-order chi connectivity index (χ1) is 9.95. The number of aliphatic carboxylic acids is 1. The molecule has 0 saturated heterocycles. The van der Waals surface area contributed by atoms with E-state index in [2.05, 4.69) is 20.8 Å². The maximum absolute atomic E-state index is 11.9. The SMILES string of the molecule is Cc1n[nH]c(C)c1NC(=O)Nc1ccc(CC(=O)O)cc1. The van der Waals surface area contributed by atoms with Gasteiger partial charge in [-0.1, -0.05) is 12.1 Å². The zero-order chi connectivity index (χ0) is 15.4. The molecule has 2 rings (SSSR count). The lowest BCUT2D eigenvalue weighted by atomic mass is 10.1. The van der Waals surface area contributed by atoms with Crippen LogP contribution in [0, 0.1) is 13.8 Å². The first-order valence-corrected chi connectivity index (χ1v) is 6.36. The van der Waals surface area contributed by atoms with Crippen molar-refractivity contribution in [3.05, 3.63) is 41.2 Å². The minimum atomic E-state index is -0.889. The van der Waals surface area contributed by atoms with Crippen molar-refractivity contribution >= 4 is 23.4 Å². The molecule has 7 heteroatoms. The van der Waals surface area contributed by atoms with Gasteiger partial charge in [-0.25, -0.2) is 4.79 Å². The van der Waals surface area contributed by atoms with Gasteiger partial charge in [0.25, 0.3) is 0 Å². The first-order valence-electron chi connectivity index (χ1n) is 6.36. The number of aromatic amines is 1. The van der Waals surface area contributed by atoms with Crippen molar-refractivity contribution in [2.75, 3.05) is 10.6 Å². The van der Waals surface area contributed by atoms with Gasteiger partial charge in [-0.3, -0.25) is 9.89 Å².